The first-order valence-corrected chi connectivity index (χ1v) is 10.3. The monoisotopic (exact) mass is 382 g/mol. The van der Waals surface area contributed by atoms with Gasteiger partial charge in [-0.2, -0.15) is 0 Å². The van der Waals surface area contributed by atoms with Crippen molar-refractivity contribution in [3.8, 4) is 11.5 Å². The van der Waals surface area contributed by atoms with Crippen molar-refractivity contribution in [3.05, 3.63) is 47.5 Å². The van der Waals surface area contributed by atoms with E-state index < -0.39 is 0 Å². The highest BCUT2D eigenvalue weighted by Gasteiger charge is 2.16. The van der Waals surface area contributed by atoms with E-state index in [9.17, 15) is 0 Å². The Labute approximate surface area is 170 Å². The van der Waals surface area contributed by atoms with Crippen LogP contribution in [0.4, 0.5) is 11.4 Å². The van der Waals surface area contributed by atoms with Crippen LogP contribution >= 0.6 is 0 Å². The fourth-order valence-corrected chi connectivity index (χ4v) is 3.46. The summed E-state index contributed by atoms with van der Waals surface area (Å²) in [6.45, 7) is 12.4. The van der Waals surface area contributed by atoms with Crippen LogP contribution in [-0.4, -0.2) is 40.4 Å². The highest BCUT2D eigenvalue weighted by Crippen LogP contribution is 2.34. The number of nitrogens with zero attached hydrogens (tertiary/aromatic N) is 2. The van der Waals surface area contributed by atoms with Crippen molar-refractivity contribution in [1.29, 1.82) is 0 Å². The zero-order valence-corrected chi connectivity index (χ0v) is 18.2. The molecular weight excluding hydrogens is 348 g/mol. The second-order valence-corrected chi connectivity index (χ2v) is 8.30. The molecular formula is C24H34N2O2. The molecule has 4 heteroatoms. The molecule has 4 rings (SSSR count). The van der Waals surface area contributed by atoms with Gasteiger partial charge in [-0.3, -0.25) is 0 Å². The highest BCUT2D eigenvalue weighted by molar-refractivity contribution is 5.61. The van der Waals surface area contributed by atoms with E-state index in [0.29, 0.717) is 11.8 Å². The third kappa shape index (κ3) is 4.54. The predicted molar refractivity (Wildman–Crippen MR) is 119 cm³/mol. The third-order valence-electron chi connectivity index (χ3n) is 5.49. The van der Waals surface area contributed by atoms with Gasteiger partial charge in [-0.05, 0) is 47.2 Å². The van der Waals surface area contributed by atoms with Gasteiger partial charge in [0.15, 0.2) is 0 Å². The smallest absolute Gasteiger partial charge is 0.142 e. The lowest BCUT2D eigenvalue weighted by Gasteiger charge is -2.28. The first-order valence-electron chi connectivity index (χ1n) is 10.3. The molecule has 2 aromatic carbocycles. The molecule has 0 aromatic heterocycles. The Morgan fingerprint density at radius 3 is 1.86 bits per heavy atom. The maximum atomic E-state index is 5.64. The predicted octanol–water partition coefficient (Wildman–Crippen LogP) is 5.28. The Morgan fingerprint density at radius 1 is 0.679 bits per heavy atom. The summed E-state index contributed by atoms with van der Waals surface area (Å²) < 4.78 is 11.2. The topological polar surface area (TPSA) is 24.9 Å². The van der Waals surface area contributed by atoms with Gasteiger partial charge in [0, 0.05) is 14.1 Å². The second-order valence-electron chi connectivity index (χ2n) is 8.30. The molecule has 0 spiro atoms. The molecule has 0 fully saturated rings. The normalized spacial score (nSPS) is 15.3. The number of benzene rings is 2. The number of ether oxygens (including phenoxy) is 2. The average molecular weight is 383 g/mol. The largest absolute Gasteiger partial charge is 0.490 e. The molecule has 0 amide bonds. The summed E-state index contributed by atoms with van der Waals surface area (Å²) >= 11 is 0. The molecule has 2 heterocycles. The first-order chi connectivity index (χ1) is 13.4. The molecule has 0 bridgehead atoms. The van der Waals surface area contributed by atoms with Gasteiger partial charge < -0.3 is 19.3 Å². The zero-order chi connectivity index (χ0) is 20.3. The van der Waals surface area contributed by atoms with Crippen molar-refractivity contribution in [3.63, 3.8) is 0 Å². The van der Waals surface area contributed by atoms with Gasteiger partial charge in [0.1, 0.15) is 24.7 Å². The molecule has 2 aliphatic rings. The average Bonchev–Trinajstić information content (AvgIpc) is 2.68. The van der Waals surface area contributed by atoms with Crippen molar-refractivity contribution in [1.82, 2.24) is 0 Å². The molecule has 0 atom stereocenters. The zero-order valence-electron chi connectivity index (χ0n) is 18.2. The van der Waals surface area contributed by atoms with Crippen LogP contribution in [0.2, 0.25) is 0 Å². The number of hydrogen-bond acceptors (Lipinski definition) is 4. The maximum Gasteiger partial charge on any atom is 0.142 e. The van der Waals surface area contributed by atoms with Crippen LogP contribution in [0.15, 0.2) is 36.4 Å². The quantitative estimate of drug-likeness (QED) is 0.706. The van der Waals surface area contributed by atoms with Crippen LogP contribution in [0.5, 0.6) is 11.5 Å². The fourth-order valence-electron chi connectivity index (χ4n) is 3.46. The maximum absolute atomic E-state index is 5.64. The van der Waals surface area contributed by atoms with Crippen LogP contribution < -0.4 is 19.3 Å². The Morgan fingerprint density at radius 2 is 1.21 bits per heavy atom. The summed E-state index contributed by atoms with van der Waals surface area (Å²) in [6.07, 6.45) is 0. The van der Waals surface area contributed by atoms with E-state index in [4.69, 9.17) is 9.47 Å². The Kier molecular flexibility index (Phi) is 6.38. The van der Waals surface area contributed by atoms with Crippen LogP contribution in [0.3, 0.4) is 0 Å². The van der Waals surface area contributed by atoms with Crippen molar-refractivity contribution in [2.45, 2.75) is 39.5 Å². The Bertz CT molecular complexity index is 801. The highest BCUT2D eigenvalue weighted by atomic mass is 16.5. The number of rotatable bonds is 2. The molecule has 0 saturated carbocycles. The van der Waals surface area contributed by atoms with E-state index in [1.54, 1.807) is 0 Å². The molecule has 28 heavy (non-hydrogen) atoms. The molecule has 2 aromatic rings. The molecule has 0 unspecified atom stereocenters. The molecule has 0 saturated heterocycles. The summed E-state index contributed by atoms with van der Waals surface area (Å²) in [5, 5.41) is 0. The van der Waals surface area contributed by atoms with Gasteiger partial charge in [0.2, 0.25) is 0 Å². The molecule has 4 nitrogen and oxygen atoms in total. The Balaban J connectivity index is 0.000000161. The van der Waals surface area contributed by atoms with Crippen molar-refractivity contribution in [2.75, 3.05) is 50.2 Å². The molecule has 0 N–H and O–H groups in total. The van der Waals surface area contributed by atoms with Crippen LogP contribution in [0.1, 0.15) is 50.7 Å². The number of hydrogen-bond donors (Lipinski definition) is 0. The van der Waals surface area contributed by atoms with Gasteiger partial charge >= 0.3 is 0 Å². The summed E-state index contributed by atoms with van der Waals surface area (Å²) in [6, 6.07) is 13.0. The van der Waals surface area contributed by atoms with E-state index in [-0.39, 0.29) is 0 Å². The lowest BCUT2D eigenvalue weighted by Crippen LogP contribution is -2.28. The van der Waals surface area contributed by atoms with Gasteiger partial charge in [-0.1, -0.05) is 39.8 Å². The number of likely N-dealkylation sites (N-methyl/N-ethyl adjacent to an activating group) is 2. The standard InChI is InChI=1S/2C12H17NO/c1-9(2)10-4-5-12-11(8-10)13(3)6-7-14-12;1-9(2)10-4-5-11-12(8-10)14-7-6-13(11)3/h2*4-5,8-9H,6-7H2,1-3H3. The van der Waals surface area contributed by atoms with E-state index in [1.807, 2.05) is 0 Å². The van der Waals surface area contributed by atoms with E-state index >= 15 is 0 Å². The minimum atomic E-state index is 0.566. The minimum Gasteiger partial charge on any atom is -0.490 e. The van der Waals surface area contributed by atoms with Crippen molar-refractivity contribution >= 4 is 11.4 Å². The lowest BCUT2D eigenvalue weighted by atomic mass is 10.0. The van der Waals surface area contributed by atoms with Crippen molar-refractivity contribution < 1.29 is 9.47 Å². The van der Waals surface area contributed by atoms with Gasteiger partial charge in [-0.15, -0.1) is 0 Å². The van der Waals surface area contributed by atoms with Crippen molar-refractivity contribution in [2.24, 2.45) is 0 Å². The Hall–Kier alpha value is -2.36. The second kappa shape index (κ2) is 8.76. The third-order valence-corrected chi connectivity index (χ3v) is 5.49. The van der Waals surface area contributed by atoms with Crippen LogP contribution in [0, 0.1) is 0 Å². The molecule has 0 aliphatic carbocycles. The first kappa shape index (κ1) is 20.4. The number of anilines is 2. The summed E-state index contributed by atoms with van der Waals surface area (Å²) in [4.78, 5) is 4.49. The molecule has 152 valence electrons. The SMILES string of the molecule is CC(C)c1ccc2c(c1)N(C)CCO2.CC(C)c1ccc2c(c1)OCCN2C. The van der Waals surface area contributed by atoms with Gasteiger partial charge in [-0.25, -0.2) is 0 Å². The minimum absolute atomic E-state index is 0.566. The van der Waals surface area contributed by atoms with Gasteiger partial charge in [0.25, 0.3) is 0 Å². The fraction of sp³-hybridized carbons (Fsp3) is 0.500. The number of fused-ring (bicyclic) bond motifs is 2. The van der Waals surface area contributed by atoms with Crippen LogP contribution in [0.25, 0.3) is 0 Å². The summed E-state index contributed by atoms with van der Waals surface area (Å²) in [7, 11) is 4.22. The molecule has 2 aliphatic heterocycles. The van der Waals surface area contributed by atoms with Gasteiger partial charge in [0.05, 0.1) is 24.5 Å². The summed E-state index contributed by atoms with van der Waals surface area (Å²) in [5.74, 6) is 3.19. The molecule has 0 radical (unpaired) electrons. The summed E-state index contributed by atoms with van der Waals surface area (Å²) in [5.41, 5.74) is 5.16. The van der Waals surface area contributed by atoms with E-state index in [0.717, 1.165) is 37.8 Å². The van der Waals surface area contributed by atoms with E-state index in [1.165, 1.54) is 22.5 Å². The lowest BCUT2D eigenvalue weighted by molar-refractivity contribution is 0.311. The van der Waals surface area contributed by atoms with E-state index in [2.05, 4.69) is 88.0 Å². The van der Waals surface area contributed by atoms with Crippen LogP contribution in [-0.2, 0) is 0 Å².